The number of benzene rings is 3. The topological polar surface area (TPSA) is 72.5 Å². The van der Waals surface area contributed by atoms with Gasteiger partial charge in [-0.3, -0.25) is 4.79 Å². The maximum Gasteiger partial charge on any atom is 0.341 e. The number of rotatable bonds is 8. The van der Waals surface area contributed by atoms with Crippen molar-refractivity contribution in [1.29, 1.82) is 0 Å². The van der Waals surface area contributed by atoms with Crippen LogP contribution in [0, 0.1) is 0 Å². The van der Waals surface area contributed by atoms with Gasteiger partial charge < -0.3 is 10.1 Å². The molecule has 3 aromatic carbocycles. The molecule has 156 valence electrons. The van der Waals surface area contributed by atoms with E-state index in [1.807, 2.05) is 54.6 Å². The number of carbonyl (C=O) groups is 1. The van der Waals surface area contributed by atoms with Crippen LogP contribution in [0.15, 0.2) is 83.8 Å². The molecule has 0 aromatic heterocycles. The molecule has 1 N–H and O–H groups in total. The van der Waals surface area contributed by atoms with Crippen molar-refractivity contribution in [1.82, 2.24) is 5.32 Å². The van der Waals surface area contributed by atoms with Gasteiger partial charge in [-0.15, -0.1) is 0 Å². The molecule has 0 saturated heterocycles. The van der Waals surface area contributed by atoms with E-state index in [4.69, 9.17) is 4.74 Å². The van der Waals surface area contributed by atoms with Crippen LogP contribution in [0.4, 0.5) is 8.78 Å². The molecule has 5 nitrogen and oxygen atoms in total. The summed E-state index contributed by atoms with van der Waals surface area (Å²) in [5.74, 6) is -3.30. The van der Waals surface area contributed by atoms with Gasteiger partial charge in [0, 0.05) is 12.1 Å². The SMILES string of the molecule is O=C(NCc1cccc(OCc2ccccc2)c1)c1ccc(S(=O)(=O)C(F)F)cc1. The van der Waals surface area contributed by atoms with Gasteiger partial charge in [0.1, 0.15) is 12.4 Å². The standard InChI is InChI=1S/C22H19F2NO4S/c23-22(24)30(27,28)20-11-9-18(10-12-20)21(26)25-14-17-7-4-8-19(13-17)29-15-16-5-2-1-3-6-16/h1-13,22H,14-15H2,(H,25,26). The Morgan fingerprint density at radius 1 is 0.900 bits per heavy atom. The second-order valence-corrected chi connectivity index (χ2v) is 8.35. The van der Waals surface area contributed by atoms with E-state index in [0.717, 1.165) is 23.3 Å². The van der Waals surface area contributed by atoms with E-state index in [-0.39, 0.29) is 12.1 Å². The van der Waals surface area contributed by atoms with Gasteiger partial charge in [-0.1, -0.05) is 42.5 Å². The molecule has 0 heterocycles. The second-order valence-electron chi connectivity index (χ2n) is 6.43. The number of hydrogen-bond donors (Lipinski definition) is 1. The van der Waals surface area contributed by atoms with Gasteiger partial charge in [-0.25, -0.2) is 8.42 Å². The van der Waals surface area contributed by atoms with E-state index < -0.39 is 26.4 Å². The Hall–Kier alpha value is -3.26. The average molecular weight is 431 g/mol. The Morgan fingerprint density at radius 2 is 1.57 bits per heavy atom. The Kier molecular flexibility index (Phi) is 6.79. The van der Waals surface area contributed by atoms with Crippen molar-refractivity contribution < 1.29 is 26.7 Å². The van der Waals surface area contributed by atoms with Crippen molar-refractivity contribution in [2.75, 3.05) is 0 Å². The van der Waals surface area contributed by atoms with Gasteiger partial charge in [0.25, 0.3) is 5.91 Å². The first-order chi connectivity index (χ1) is 14.4. The number of halogens is 2. The summed E-state index contributed by atoms with van der Waals surface area (Å²) in [5.41, 5.74) is 2.01. The van der Waals surface area contributed by atoms with Crippen LogP contribution in [0.5, 0.6) is 5.75 Å². The average Bonchev–Trinajstić information content (AvgIpc) is 2.77. The third kappa shape index (κ3) is 5.42. The Balaban J connectivity index is 1.58. The number of hydrogen-bond acceptors (Lipinski definition) is 4. The molecule has 0 bridgehead atoms. The summed E-state index contributed by atoms with van der Waals surface area (Å²) in [6, 6.07) is 21.4. The fourth-order valence-corrected chi connectivity index (χ4v) is 3.39. The van der Waals surface area contributed by atoms with Crippen molar-refractivity contribution in [3.05, 3.63) is 95.6 Å². The highest BCUT2D eigenvalue weighted by Crippen LogP contribution is 2.19. The van der Waals surface area contributed by atoms with E-state index >= 15 is 0 Å². The van der Waals surface area contributed by atoms with Gasteiger partial charge in [-0.05, 0) is 47.5 Å². The molecular formula is C22H19F2NO4S. The Morgan fingerprint density at radius 3 is 2.23 bits per heavy atom. The van der Waals surface area contributed by atoms with Crippen LogP contribution >= 0.6 is 0 Å². The van der Waals surface area contributed by atoms with E-state index in [1.54, 1.807) is 0 Å². The van der Waals surface area contributed by atoms with Gasteiger partial charge >= 0.3 is 5.76 Å². The molecule has 0 aliphatic rings. The van der Waals surface area contributed by atoms with Crippen molar-refractivity contribution in [2.45, 2.75) is 23.8 Å². The summed E-state index contributed by atoms with van der Waals surface area (Å²) in [5, 5.41) is 2.71. The largest absolute Gasteiger partial charge is 0.489 e. The van der Waals surface area contributed by atoms with Crippen LogP contribution in [0.3, 0.4) is 0 Å². The number of sulfone groups is 1. The minimum atomic E-state index is -4.68. The fourth-order valence-electron chi connectivity index (χ4n) is 2.67. The zero-order valence-corrected chi connectivity index (χ0v) is 16.6. The monoisotopic (exact) mass is 431 g/mol. The minimum absolute atomic E-state index is 0.166. The first-order valence-corrected chi connectivity index (χ1v) is 10.6. The van der Waals surface area contributed by atoms with Crippen LogP contribution in [-0.4, -0.2) is 20.1 Å². The molecule has 1 amide bonds. The second kappa shape index (κ2) is 9.49. The maximum absolute atomic E-state index is 12.6. The molecular weight excluding hydrogens is 412 g/mol. The predicted molar refractivity (Wildman–Crippen MR) is 108 cm³/mol. The third-order valence-corrected chi connectivity index (χ3v) is 5.68. The lowest BCUT2D eigenvalue weighted by atomic mass is 10.2. The summed E-state index contributed by atoms with van der Waals surface area (Å²) in [6.45, 7) is 0.642. The lowest BCUT2D eigenvalue weighted by Gasteiger charge is -2.10. The molecule has 0 aliphatic carbocycles. The lowest BCUT2D eigenvalue weighted by molar-refractivity contribution is 0.0950. The van der Waals surface area contributed by atoms with Crippen molar-refractivity contribution >= 4 is 15.7 Å². The van der Waals surface area contributed by atoms with Crippen LogP contribution in [-0.2, 0) is 23.0 Å². The molecule has 3 aromatic rings. The smallest absolute Gasteiger partial charge is 0.341 e. The lowest BCUT2D eigenvalue weighted by Crippen LogP contribution is -2.23. The fraction of sp³-hybridized carbons (Fsp3) is 0.136. The summed E-state index contributed by atoms with van der Waals surface area (Å²) in [7, 11) is -4.68. The van der Waals surface area contributed by atoms with Crippen molar-refractivity contribution in [3.8, 4) is 5.75 Å². The molecule has 0 aliphatic heterocycles. The number of nitrogens with one attached hydrogen (secondary N) is 1. The Labute approximate surface area is 173 Å². The van der Waals surface area contributed by atoms with E-state index in [0.29, 0.717) is 12.4 Å². The summed E-state index contributed by atoms with van der Waals surface area (Å²) < 4.78 is 53.8. The highest BCUT2D eigenvalue weighted by Gasteiger charge is 2.26. The highest BCUT2D eigenvalue weighted by molar-refractivity contribution is 7.91. The van der Waals surface area contributed by atoms with Crippen molar-refractivity contribution in [3.63, 3.8) is 0 Å². The molecule has 0 spiro atoms. The molecule has 8 heteroatoms. The summed E-state index contributed by atoms with van der Waals surface area (Å²) >= 11 is 0. The molecule has 0 fully saturated rings. The van der Waals surface area contributed by atoms with Crippen LogP contribution < -0.4 is 10.1 Å². The number of ether oxygens (including phenoxy) is 1. The quantitative estimate of drug-likeness (QED) is 0.581. The molecule has 30 heavy (non-hydrogen) atoms. The van der Waals surface area contributed by atoms with Crippen LogP contribution in [0.1, 0.15) is 21.5 Å². The molecule has 0 saturated carbocycles. The minimum Gasteiger partial charge on any atom is -0.489 e. The maximum atomic E-state index is 12.6. The molecule has 0 radical (unpaired) electrons. The van der Waals surface area contributed by atoms with E-state index in [9.17, 15) is 22.0 Å². The van der Waals surface area contributed by atoms with Gasteiger partial charge in [-0.2, -0.15) is 8.78 Å². The van der Waals surface area contributed by atoms with E-state index in [1.165, 1.54) is 12.1 Å². The zero-order chi connectivity index (χ0) is 21.6. The molecule has 3 rings (SSSR count). The van der Waals surface area contributed by atoms with Gasteiger partial charge in [0.15, 0.2) is 0 Å². The van der Waals surface area contributed by atoms with E-state index in [2.05, 4.69) is 5.32 Å². The van der Waals surface area contributed by atoms with Crippen molar-refractivity contribution in [2.24, 2.45) is 0 Å². The normalized spacial score (nSPS) is 11.3. The Bertz CT molecular complexity index is 1100. The van der Waals surface area contributed by atoms with Crippen LogP contribution in [0.25, 0.3) is 0 Å². The third-order valence-electron chi connectivity index (χ3n) is 4.28. The molecule has 0 unspecified atom stereocenters. The predicted octanol–water partition coefficient (Wildman–Crippen LogP) is 4.19. The summed E-state index contributed by atoms with van der Waals surface area (Å²) in [4.78, 5) is 11.7. The molecule has 0 atom stereocenters. The van der Waals surface area contributed by atoms with Gasteiger partial charge in [0.2, 0.25) is 9.84 Å². The summed E-state index contributed by atoms with van der Waals surface area (Å²) in [6.07, 6.45) is 0. The van der Waals surface area contributed by atoms with Crippen LogP contribution in [0.2, 0.25) is 0 Å². The zero-order valence-electron chi connectivity index (χ0n) is 15.8. The number of amides is 1. The number of alkyl halides is 2. The number of carbonyl (C=O) groups excluding carboxylic acids is 1. The van der Waals surface area contributed by atoms with Gasteiger partial charge in [0.05, 0.1) is 4.90 Å². The first kappa shape index (κ1) is 21.4. The highest BCUT2D eigenvalue weighted by atomic mass is 32.2. The first-order valence-electron chi connectivity index (χ1n) is 9.02.